The Balaban J connectivity index is 1.76. The minimum absolute atomic E-state index is 0.0742. The summed E-state index contributed by atoms with van der Waals surface area (Å²) < 4.78 is 8.26. The first kappa shape index (κ1) is 18.5. The maximum Gasteiger partial charge on any atom is 0.127 e. The van der Waals surface area contributed by atoms with Gasteiger partial charge in [-0.05, 0) is 54.2 Å². The Morgan fingerprint density at radius 2 is 1.71 bits per heavy atom. The molecule has 0 fully saturated rings. The highest BCUT2D eigenvalue weighted by molar-refractivity contribution is 5.62. The summed E-state index contributed by atoms with van der Waals surface area (Å²) in [7, 11) is 0. The zero-order chi connectivity index (χ0) is 19.9. The highest BCUT2D eigenvalue weighted by Gasteiger charge is 2.24. The summed E-state index contributed by atoms with van der Waals surface area (Å²) in [6.45, 7) is 10.9. The van der Waals surface area contributed by atoms with Crippen LogP contribution < -0.4 is 4.74 Å². The first-order chi connectivity index (χ1) is 13.2. The van der Waals surface area contributed by atoms with Gasteiger partial charge in [0.1, 0.15) is 11.4 Å². The van der Waals surface area contributed by atoms with Crippen LogP contribution in [0, 0.1) is 0 Å². The van der Waals surface area contributed by atoms with Crippen LogP contribution in [0.4, 0.5) is 0 Å². The van der Waals surface area contributed by atoms with Crippen LogP contribution in [0.1, 0.15) is 62.9 Å². The molecule has 28 heavy (non-hydrogen) atoms. The van der Waals surface area contributed by atoms with Gasteiger partial charge in [0.05, 0.1) is 12.4 Å². The Morgan fingerprint density at radius 1 is 1.00 bits per heavy atom. The monoisotopic (exact) mass is 372 g/mol. The van der Waals surface area contributed by atoms with Gasteiger partial charge < -0.3 is 9.30 Å². The molecule has 0 bridgehead atoms. The summed E-state index contributed by atoms with van der Waals surface area (Å²) in [5, 5.41) is 0. The molecular formula is C25H28N2O. The third-order valence-electron chi connectivity index (χ3n) is 5.30. The molecule has 144 valence electrons. The fourth-order valence-electron chi connectivity index (χ4n) is 3.69. The Labute approximate surface area is 167 Å². The van der Waals surface area contributed by atoms with Crippen molar-refractivity contribution in [2.24, 2.45) is 0 Å². The number of hydrogen-bond acceptors (Lipinski definition) is 2. The minimum Gasteiger partial charge on any atom is -0.483 e. The number of rotatable bonds is 3. The number of benzene rings is 2. The van der Waals surface area contributed by atoms with Gasteiger partial charge in [-0.2, -0.15) is 0 Å². The van der Waals surface area contributed by atoms with Crippen molar-refractivity contribution in [2.75, 3.05) is 0 Å². The lowest BCUT2D eigenvalue weighted by molar-refractivity contribution is 0.159. The fourth-order valence-corrected chi connectivity index (χ4v) is 3.69. The number of fused-ring (bicyclic) bond motifs is 1. The maximum absolute atomic E-state index is 6.10. The van der Waals surface area contributed by atoms with Gasteiger partial charge in [-0.3, -0.25) is 0 Å². The molecule has 0 saturated heterocycles. The highest BCUT2D eigenvalue weighted by atomic mass is 16.5. The first-order valence-electron chi connectivity index (χ1n) is 9.83. The predicted molar refractivity (Wildman–Crippen MR) is 115 cm³/mol. The van der Waals surface area contributed by atoms with E-state index < -0.39 is 0 Å². The van der Waals surface area contributed by atoms with Crippen molar-refractivity contribution in [3.05, 3.63) is 89.5 Å². The zero-order valence-electron chi connectivity index (χ0n) is 17.3. The highest BCUT2D eigenvalue weighted by Crippen LogP contribution is 2.35. The molecule has 1 atom stereocenters. The van der Waals surface area contributed by atoms with Crippen molar-refractivity contribution in [1.29, 1.82) is 0 Å². The molecular weight excluding hydrogens is 344 g/mol. The molecule has 2 aromatic carbocycles. The van der Waals surface area contributed by atoms with Gasteiger partial charge in [0, 0.05) is 18.0 Å². The van der Waals surface area contributed by atoms with E-state index in [2.05, 4.69) is 98.8 Å². The van der Waals surface area contributed by atoms with Crippen LogP contribution in [-0.4, -0.2) is 15.2 Å². The molecule has 1 aliphatic heterocycles. The summed E-state index contributed by atoms with van der Waals surface area (Å²) in [6.07, 6.45) is 10.0. The standard InChI is InChI=1S/C25H28N2O/c1-24(2,3)21-9-6-18(7-10-21)23(27-15-14-26-17-27)20-8-11-22-19(16-20)12-13-25(4,5)28-22/h6-17,23H,1-5H3. The Morgan fingerprint density at radius 3 is 2.36 bits per heavy atom. The zero-order valence-corrected chi connectivity index (χ0v) is 17.3. The van der Waals surface area contributed by atoms with Crippen LogP contribution in [-0.2, 0) is 5.41 Å². The molecule has 3 aromatic rings. The normalized spacial score (nSPS) is 16.3. The number of nitrogens with zero attached hydrogens (tertiary/aromatic N) is 2. The van der Waals surface area contributed by atoms with E-state index in [9.17, 15) is 0 Å². The molecule has 0 amide bonds. The second-order valence-corrected chi connectivity index (χ2v) is 9.12. The van der Waals surface area contributed by atoms with Crippen molar-refractivity contribution in [3.8, 4) is 5.75 Å². The van der Waals surface area contributed by atoms with E-state index in [1.807, 2.05) is 18.7 Å². The van der Waals surface area contributed by atoms with Gasteiger partial charge in [-0.15, -0.1) is 0 Å². The van der Waals surface area contributed by atoms with Crippen LogP contribution >= 0.6 is 0 Å². The second-order valence-electron chi connectivity index (χ2n) is 9.12. The van der Waals surface area contributed by atoms with Gasteiger partial charge in [0.15, 0.2) is 0 Å². The minimum atomic E-state index is -0.263. The Bertz CT molecular complexity index is 990. The largest absolute Gasteiger partial charge is 0.483 e. The molecule has 3 heteroatoms. The maximum atomic E-state index is 6.10. The first-order valence-corrected chi connectivity index (χ1v) is 9.83. The van der Waals surface area contributed by atoms with E-state index in [4.69, 9.17) is 4.74 Å². The molecule has 1 aliphatic rings. The topological polar surface area (TPSA) is 27.1 Å². The van der Waals surface area contributed by atoms with Crippen molar-refractivity contribution in [2.45, 2.75) is 51.7 Å². The molecule has 4 rings (SSSR count). The van der Waals surface area contributed by atoms with Gasteiger partial charge in [-0.25, -0.2) is 4.98 Å². The molecule has 2 heterocycles. The van der Waals surface area contributed by atoms with Gasteiger partial charge in [0.25, 0.3) is 0 Å². The molecule has 1 unspecified atom stereocenters. The number of hydrogen-bond donors (Lipinski definition) is 0. The van der Waals surface area contributed by atoms with E-state index in [0.717, 1.165) is 11.3 Å². The van der Waals surface area contributed by atoms with Crippen molar-refractivity contribution < 1.29 is 4.74 Å². The average Bonchev–Trinajstić information content (AvgIpc) is 3.15. The van der Waals surface area contributed by atoms with Crippen molar-refractivity contribution in [3.63, 3.8) is 0 Å². The quantitative estimate of drug-likeness (QED) is 0.563. The third-order valence-corrected chi connectivity index (χ3v) is 5.30. The molecule has 0 N–H and O–H groups in total. The second kappa shape index (κ2) is 6.66. The van der Waals surface area contributed by atoms with Crippen LogP contribution in [0.15, 0.2) is 67.3 Å². The van der Waals surface area contributed by atoms with E-state index in [1.54, 1.807) is 0 Å². The third kappa shape index (κ3) is 3.62. The lowest BCUT2D eigenvalue weighted by atomic mass is 9.85. The molecule has 0 radical (unpaired) electrons. The van der Waals surface area contributed by atoms with Crippen molar-refractivity contribution in [1.82, 2.24) is 9.55 Å². The van der Waals surface area contributed by atoms with Crippen LogP contribution in [0.2, 0.25) is 0 Å². The fraction of sp³-hybridized carbons (Fsp3) is 0.320. The van der Waals surface area contributed by atoms with Crippen LogP contribution in [0.25, 0.3) is 6.08 Å². The van der Waals surface area contributed by atoms with Crippen molar-refractivity contribution >= 4 is 6.08 Å². The Kier molecular flexibility index (Phi) is 4.41. The van der Waals surface area contributed by atoms with Gasteiger partial charge in [-0.1, -0.05) is 57.2 Å². The number of imidazole rings is 1. The summed E-state index contributed by atoms with van der Waals surface area (Å²) in [4.78, 5) is 4.28. The Hall–Kier alpha value is -2.81. The molecule has 0 saturated carbocycles. The number of aromatic nitrogens is 2. The smallest absolute Gasteiger partial charge is 0.127 e. The van der Waals surface area contributed by atoms with Crippen LogP contribution in [0.5, 0.6) is 5.75 Å². The van der Waals surface area contributed by atoms with E-state index >= 15 is 0 Å². The molecule has 1 aromatic heterocycles. The van der Waals surface area contributed by atoms with E-state index in [1.165, 1.54) is 16.7 Å². The summed E-state index contributed by atoms with van der Waals surface area (Å²) in [5.41, 5.74) is 4.79. The van der Waals surface area contributed by atoms with Crippen LogP contribution in [0.3, 0.4) is 0 Å². The predicted octanol–water partition coefficient (Wildman–Crippen LogP) is 6.00. The molecule has 3 nitrogen and oxygen atoms in total. The van der Waals surface area contributed by atoms with Gasteiger partial charge in [0.2, 0.25) is 0 Å². The lowest BCUT2D eigenvalue weighted by Crippen LogP contribution is -2.27. The summed E-state index contributed by atoms with van der Waals surface area (Å²) >= 11 is 0. The molecule has 0 spiro atoms. The number of ether oxygens (including phenoxy) is 1. The van der Waals surface area contributed by atoms with E-state index in [-0.39, 0.29) is 17.1 Å². The SMILES string of the molecule is CC1(C)C=Cc2cc(C(c3ccc(C(C)(C)C)cc3)n3ccnc3)ccc2O1. The lowest BCUT2D eigenvalue weighted by Gasteiger charge is -2.29. The van der Waals surface area contributed by atoms with E-state index in [0.29, 0.717) is 0 Å². The summed E-state index contributed by atoms with van der Waals surface area (Å²) in [6, 6.07) is 15.5. The van der Waals surface area contributed by atoms with Gasteiger partial charge >= 0.3 is 0 Å². The average molecular weight is 373 g/mol. The summed E-state index contributed by atoms with van der Waals surface area (Å²) in [5.74, 6) is 0.934. The molecule has 0 aliphatic carbocycles.